The van der Waals surface area contributed by atoms with Crippen molar-refractivity contribution in [3.05, 3.63) is 15.9 Å². The van der Waals surface area contributed by atoms with Crippen LogP contribution in [0.4, 0.5) is 0 Å². The van der Waals surface area contributed by atoms with Gasteiger partial charge in [0.05, 0.1) is 15.9 Å². The van der Waals surface area contributed by atoms with Crippen LogP contribution >= 0.6 is 15.9 Å². The van der Waals surface area contributed by atoms with E-state index in [2.05, 4.69) is 63.6 Å². The maximum absolute atomic E-state index is 4.62. The first-order valence-electron chi connectivity index (χ1n) is 8.19. The lowest BCUT2D eigenvalue weighted by molar-refractivity contribution is 0.159. The second-order valence-electron chi connectivity index (χ2n) is 6.40. The Balaban J connectivity index is 2.08. The summed E-state index contributed by atoms with van der Waals surface area (Å²) in [5.74, 6) is 0.777. The third kappa shape index (κ3) is 4.30. The lowest BCUT2D eigenvalue weighted by Gasteiger charge is -2.33. The molecule has 0 aromatic carbocycles. The van der Waals surface area contributed by atoms with Crippen LogP contribution in [0.2, 0.25) is 0 Å². The number of aryl methyl sites for hydroxylation is 2. The number of halogens is 1. The first-order valence-corrected chi connectivity index (χ1v) is 8.98. The topological polar surface area (TPSA) is 33.1 Å². The number of nitrogens with one attached hydrogen (secondary N) is 1. The molecule has 0 saturated carbocycles. The van der Waals surface area contributed by atoms with Crippen molar-refractivity contribution in [2.45, 2.75) is 59.7 Å². The quantitative estimate of drug-likeness (QED) is 0.849. The van der Waals surface area contributed by atoms with E-state index >= 15 is 0 Å². The molecule has 0 bridgehead atoms. The average Bonchev–Trinajstić information content (AvgIpc) is 2.75. The predicted octanol–water partition coefficient (Wildman–Crippen LogP) is 3.18. The van der Waals surface area contributed by atoms with E-state index in [-0.39, 0.29) is 0 Å². The summed E-state index contributed by atoms with van der Waals surface area (Å²) in [6, 6.07) is 0.555. The zero-order valence-corrected chi connectivity index (χ0v) is 15.4. The molecule has 5 heteroatoms. The largest absolute Gasteiger partial charge is 0.316 e. The summed E-state index contributed by atoms with van der Waals surface area (Å²) in [4.78, 5) is 2.59. The zero-order valence-electron chi connectivity index (χ0n) is 13.8. The highest BCUT2D eigenvalue weighted by Crippen LogP contribution is 2.24. The Morgan fingerprint density at radius 2 is 2.24 bits per heavy atom. The fourth-order valence-corrected chi connectivity index (χ4v) is 3.49. The molecular formula is C16H29BrN4. The van der Waals surface area contributed by atoms with Crippen molar-refractivity contribution in [2.24, 2.45) is 5.92 Å². The molecule has 4 nitrogen and oxygen atoms in total. The summed E-state index contributed by atoms with van der Waals surface area (Å²) in [6.45, 7) is 14.3. The summed E-state index contributed by atoms with van der Waals surface area (Å²) >= 11 is 3.72. The van der Waals surface area contributed by atoms with E-state index in [0.717, 1.165) is 31.2 Å². The summed E-state index contributed by atoms with van der Waals surface area (Å²) in [5, 5.41) is 8.15. The Labute approximate surface area is 137 Å². The Morgan fingerprint density at radius 1 is 1.48 bits per heavy atom. The molecule has 1 aliphatic rings. The highest BCUT2D eigenvalue weighted by Gasteiger charge is 2.22. The lowest BCUT2D eigenvalue weighted by Crippen LogP contribution is -2.41. The Morgan fingerprint density at radius 3 is 2.81 bits per heavy atom. The minimum atomic E-state index is 0.555. The summed E-state index contributed by atoms with van der Waals surface area (Å²) < 4.78 is 3.31. The molecule has 0 aliphatic carbocycles. The van der Waals surface area contributed by atoms with Gasteiger partial charge < -0.3 is 5.32 Å². The molecular weight excluding hydrogens is 328 g/mol. The third-order valence-corrected chi connectivity index (χ3v) is 5.46. The van der Waals surface area contributed by atoms with Gasteiger partial charge in [0.15, 0.2) is 0 Å². The van der Waals surface area contributed by atoms with Crippen LogP contribution in [-0.2, 0) is 13.1 Å². The van der Waals surface area contributed by atoms with Gasteiger partial charge >= 0.3 is 0 Å². The molecule has 1 aromatic heterocycles. The molecule has 21 heavy (non-hydrogen) atoms. The Bertz CT molecular complexity index is 449. The van der Waals surface area contributed by atoms with Gasteiger partial charge in [-0.05, 0) is 75.5 Å². The number of hydrogen-bond acceptors (Lipinski definition) is 3. The van der Waals surface area contributed by atoms with Crippen molar-refractivity contribution < 1.29 is 0 Å². The molecule has 1 fully saturated rings. The van der Waals surface area contributed by atoms with Crippen molar-refractivity contribution in [2.75, 3.05) is 19.6 Å². The molecule has 2 rings (SSSR count). The predicted molar refractivity (Wildman–Crippen MR) is 91.5 cm³/mol. The molecule has 1 saturated heterocycles. The van der Waals surface area contributed by atoms with Crippen LogP contribution in [0.15, 0.2) is 4.47 Å². The van der Waals surface area contributed by atoms with Gasteiger partial charge in [-0.25, -0.2) is 0 Å². The van der Waals surface area contributed by atoms with Gasteiger partial charge in [0.1, 0.15) is 0 Å². The highest BCUT2D eigenvalue weighted by molar-refractivity contribution is 9.10. The molecule has 1 N–H and O–H groups in total. The molecule has 1 unspecified atom stereocenters. The van der Waals surface area contributed by atoms with E-state index < -0.39 is 0 Å². The van der Waals surface area contributed by atoms with E-state index in [9.17, 15) is 0 Å². The van der Waals surface area contributed by atoms with Crippen molar-refractivity contribution in [3.63, 3.8) is 0 Å². The number of piperidine rings is 1. The number of hydrogen-bond donors (Lipinski definition) is 1. The van der Waals surface area contributed by atoms with Gasteiger partial charge in [0, 0.05) is 25.7 Å². The fraction of sp³-hybridized carbons (Fsp3) is 0.812. The maximum atomic E-state index is 4.62. The first-order chi connectivity index (χ1) is 10.0. The van der Waals surface area contributed by atoms with Crippen LogP contribution in [0.3, 0.4) is 0 Å². The van der Waals surface area contributed by atoms with Gasteiger partial charge in [-0.3, -0.25) is 9.58 Å². The second-order valence-corrected chi connectivity index (χ2v) is 7.19. The van der Waals surface area contributed by atoms with Gasteiger partial charge in [-0.15, -0.1) is 0 Å². The normalized spacial score (nSPS) is 19.7. The van der Waals surface area contributed by atoms with Gasteiger partial charge in [0.25, 0.3) is 0 Å². The second kappa shape index (κ2) is 7.75. The SMILES string of the molecule is CCn1nc(C)c(Br)c1CN(CC1CCCNC1)C(C)C. The van der Waals surface area contributed by atoms with E-state index in [1.54, 1.807) is 0 Å². The van der Waals surface area contributed by atoms with Crippen LogP contribution in [0.1, 0.15) is 45.0 Å². The van der Waals surface area contributed by atoms with E-state index in [0.29, 0.717) is 6.04 Å². The molecule has 2 heterocycles. The van der Waals surface area contributed by atoms with Crippen molar-refractivity contribution in [3.8, 4) is 0 Å². The van der Waals surface area contributed by atoms with E-state index in [1.165, 1.54) is 36.1 Å². The summed E-state index contributed by atoms with van der Waals surface area (Å²) in [7, 11) is 0. The third-order valence-electron chi connectivity index (χ3n) is 4.43. The van der Waals surface area contributed by atoms with Crippen LogP contribution in [-0.4, -0.2) is 40.4 Å². The molecule has 0 amide bonds. The highest BCUT2D eigenvalue weighted by atomic mass is 79.9. The van der Waals surface area contributed by atoms with Crippen molar-refractivity contribution in [1.29, 1.82) is 0 Å². The number of aromatic nitrogens is 2. The summed E-state index contributed by atoms with van der Waals surface area (Å²) in [5.41, 5.74) is 2.40. The Kier molecular flexibility index (Phi) is 6.26. The van der Waals surface area contributed by atoms with Gasteiger partial charge in [0.2, 0.25) is 0 Å². The molecule has 1 aliphatic heterocycles. The van der Waals surface area contributed by atoms with Crippen molar-refractivity contribution >= 4 is 15.9 Å². The zero-order chi connectivity index (χ0) is 15.4. The minimum absolute atomic E-state index is 0.555. The van der Waals surface area contributed by atoms with Gasteiger partial charge in [-0.2, -0.15) is 5.10 Å². The fourth-order valence-electron chi connectivity index (χ4n) is 3.08. The molecule has 1 aromatic rings. The number of nitrogens with zero attached hydrogens (tertiary/aromatic N) is 3. The molecule has 120 valence electrons. The molecule has 0 spiro atoms. The van der Waals surface area contributed by atoms with Crippen LogP contribution in [0, 0.1) is 12.8 Å². The van der Waals surface area contributed by atoms with Crippen molar-refractivity contribution in [1.82, 2.24) is 20.0 Å². The average molecular weight is 357 g/mol. The Hall–Kier alpha value is -0.390. The first kappa shape index (κ1) is 17.0. The molecule has 1 atom stereocenters. The van der Waals surface area contributed by atoms with Gasteiger partial charge in [-0.1, -0.05) is 0 Å². The summed E-state index contributed by atoms with van der Waals surface area (Å²) in [6.07, 6.45) is 2.66. The number of rotatable bonds is 6. The monoisotopic (exact) mass is 356 g/mol. The van der Waals surface area contributed by atoms with E-state index in [4.69, 9.17) is 0 Å². The minimum Gasteiger partial charge on any atom is -0.316 e. The molecule has 0 radical (unpaired) electrons. The maximum Gasteiger partial charge on any atom is 0.0739 e. The van der Waals surface area contributed by atoms with Crippen LogP contribution in [0.5, 0.6) is 0 Å². The van der Waals surface area contributed by atoms with Crippen LogP contribution < -0.4 is 5.32 Å². The standard InChI is InChI=1S/C16H29BrN4/c1-5-21-15(16(17)13(4)19-21)11-20(12(2)3)10-14-7-6-8-18-9-14/h12,14,18H,5-11H2,1-4H3. The smallest absolute Gasteiger partial charge is 0.0739 e. The van der Waals surface area contributed by atoms with E-state index in [1.807, 2.05) is 0 Å². The van der Waals surface area contributed by atoms with Crippen LogP contribution in [0.25, 0.3) is 0 Å². The lowest BCUT2D eigenvalue weighted by atomic mass is 9.98.